The number of benzene rings is 1. The van der Waals surface area contributed by atoms with E-state index >= 15 is 0 Å². The van der Waals surface area contributed by atoms with Gasteiger partial charge in [-0.3, -0.25) is 0 Å². The Morgan fingerprint density at radius 3 is 2.53 bits per heavy atom. The lowest BCUT2D eigenvalue weighted by Crippen LogP contribution is -2.48. The van der Waals surface area contributed by atoms with E-state index in [-0.39, 0.29) is 11.5 Å². The Labute approximate surface area is 220 Å². The number of hydrogen-bond donors (Lipinski definition) is 2. The number of nitrogens with one attached hydrogen (secondary N) is 2. The molecule has 0 radical (unpaired) electrons. The highest BCUT2D eigenvalue weighted by Gasteiger charge is 2.44. The van der Waals surface area contributed by atoms with Crippen LogP contribution < -0.4 is 25.2 Å². The molecule has 4 heterocycles. The summed E-state index contributed by atoms with van der Waals surface area (Å²) in [5, 5.41) is 14.9. The summed E-state index contributed by atoms with van der Waals surface area (Å²) in [6, 6.07) is 5.81. The SMILES string of the molecule is CNc1nc(N[C@@H]2[C@@H]3CC[C@H]2CN(c2cnnc(OC)c2)C3)nc2c1C(C)(C)CN2c1ccc(F)cc1F. The molecule has 11 heteroatoms. The minimum absolute atomic E-state index is 0.219. The third kappa shape index (κ3) is 4.13. The number of methoxy groups -OCH3 is 1. The Kier molecular flexibility index (Phi) is 5.96. The third-order valence-corrected chi connectivity index (χ3v) is 8.13. The molecule has 3 aliphatic rings. The van der Waals surface area contributed by atoms with Gasteiger partial charge in [0.25, 0.3) is 0 Å². The normalized spacial score (nSPS) is 23.4. The number of anilines is 5. The molecule has 6 rings (SSSR count). The molecule has 2 aromatic heterocycles. The minimum atomic E-state index is -0.611. The van der Waals surface area contributed by atoms with Gasteiger partial charge in [-0.1, -0.05) is 13.8 Å². The van der Waals surface area contributed by atoms with Gasteiger partial charge in [0.15, 0.2) is 0 Å². The van der Waals surface area contributed by atoms with E-state index < -0.39 is 11.6 Å². The summed E-state index contributed by atoms with van der Waals surface area (Å²) in [5.41, 5.74) is 1.90. The minimum Gasteiger partial charge on any atom is -0.480 e. The van der Waals surface area contributed by atoms with Crippen molar-refractivity contribution in [2.24, 2.45) is 11.8 Å². The van der Waals surface area contributed by atoms with Crippen LogP contribution in [-0.4, -0.2) is 60.0 Å². The Balaban J connectivity index is 1.30. The summed E-state index contributed by atoms with van der Waals surface area (Å²) < 4.78 is 33.8. The number of rotatable bonds is 6. The van der Waals surface area contributed by atoms with Crippen LogP contribution in [0.1, 0.15) is 32.3 Å². The quantitative estimate of drug-likeness (QED) is 0.490. The van der Waals surface area contributed by atoms with Gasteiger partial charge in [-0.15, -0.1) is 5.10 Å². The van der Waals surface area contributed by atoms with E-state index in [2.05, 4.69) is 39.6 Å². The maximum Gasteiger partial charge on any atom is 0.235 e. The first-order valence-electron chi connectivity index (χ1n) is 13.0. The van der Waals surface area contributed by atoms with Crippen LogP contribution in [0.25, 0.3) is 0 Å². The van der Waals surface area contributed by atoms with Crippen LogP contribution in [0.5, 0.6) is 5.88 Å². The molecule has 1 saturated heterocycles. The summed E-state index contributed by atoms with van der Waals surface area (Å²) in [4.78, 5) is 14.0. The molecule has 38 heavy (non-hydrogen) atoms. The van der Waals surface area contributed by atoms with Gasteiger partial charge in [0.2, 0.25) is 11.8 Å². The molecule has 1 aliphatic carbocycles. The van der Waals surface area contributed by atoms with Crippen LogP contribution in [0.4, 0.5) is 37.7 Å². The molecule has 9 nitrogen and oxygen atoms in total. The molecule has 0 unspecified atom stereocenters. The van der Waals surface area contributed by atoms with E-state index in [0.29, 0.717) is 47.5 Å². The smallest absolute Gasteiger partial charge is 0.235 e. The molecular weight excluding hydrogens is 490 g/mol. The summed E-state index contributed by atoms with van der Waals surface area (Å²) in [5.74, 6) is 1.98. The molecule has 2 aliphatic heterocycles. The number of hydrogen-bond acceptors (Lipinski definition) is 9. The molecule has 1 saturated carbocycles. The lowest BCUT2D eigenvalue weighted by Gasteiger charge is -2.39. The molecule has 3 atom stereocenters. The van der Waals surface area contributed by atoms with Crippen molar-refractivity contribution in [3.63, 3.8) is 0 Å². The number of fused-ring (bicyclic) bond motifs is 3. The largest absolute Gasteiger partial charge is 0.480 e. The van der Waals surface area contributed by atoms with Crippen LogP contribution in [0, 0.1) is 23.5 Å². The van der Waals surface area contributed by atoms with Crippen LogP contribution in [-0.2, 0) is 5.41 Å². The number of halogens is 2. The zero-order valence-electron chi connectivity index (χ0n) is 22.0. The average Bonchev–Trinajstić information content (AvgIpc) is 3.29. The number of ether oxygens (including phenoxy) is 1. The monoisotopic (exact) mass is 522 g/mol. The molecule has 2 N–H and O–H groups in total. The average molecular weight is 523 g/mol. The standard InChI is InChI=1S/C27H32F2N8O/c1-27(2)14-37(20-8-7-17(28)9-19(20)29)25-22(27)24(30-3)33-26(34-25)32-23-15-5-6-16(23)13-36(12-15)18-10-21(38-4)35-31-11-18/h7-11,15-16,23H,5-6,12-14H2,1-4H3,(H2,30,32,33,34)/t15-,16+,23-. The van der Waals surface area contributed by atoms with Gasteiger partial charge in [-0.05, 0) is 36.8 Å². The number of piperidine rings is 1. The van der Waals surface area contributed by atoms with E-state index in [1.807, 2.05) is 18.0 Å². The Bertz CT molecular complexity index is 1350. The second kappa shape index (κ2) is 9.21. The van der Waals surface area contributed by atoms with Crippen molar-refractivity contribution in [3.05, 3.63) is 47.7 Å². The van der Waals surface area contributed by atoms with Crippen molar-refractivity contribution in [1.82, 2.24) is 20.2 Å². The highest BCUT2D eigenvalue weighted by Crippen LogP contribution is 2.48. The third-order valence-electron chi connectivity index (χ3n) is 8.13. The van der Waals surface area contributed by atoms with Gasteiger partial charge in [0, 0.05) is 55.8 Å². The fourth-order valence-electron chi connectivity index (χ4n) is 6.39. The first-order chi connectivity index (χ1) is 18.3. The zero-order chi connectivity index (χ0) is 26.6. The number of nitrogens with zero attached hydrogens (tertiary/aromatic N) is 6. The Morgan fingerprint density at radius 1 is 1.08 bits per heavy atom. The molecule has 0 amide bonds. The number of aromatic nitrogens is 4. The van der Waals surface area contributed by atoms with E-state index in [1.165, 1.54) is 12.1 Å². The fraction of sp³-hybridized carbons (Fsp3) is 0.481. The van der Waals surface area contributed by atoms with Crippen molar-refractivity contribution >= 4 is 29.0 Å². The van der Waals surface area contributed by atoms with Crippen LogP contribution in [0.2, 0.25) is 0 Å². The van der Waals surface area contributed by atoms with Gasteiger partial charge >= 0.3 is 0 Å². The summed E-state index contributed by atoms with van der Waals surface area (Å²) in [6.45, 7) is 6.44. The van der Waals surface area contributed by atoms with Crippen LogP contribution >= 0.6 is 0 Å². The highest BCUT2D eigenvalue weighted by atomic mass is 19.1. The maximum atomic E-state index is 14.9. The molecule has 3 aromatic rings. The van der Waals surface area contributed by atoms with Gasteiger partial charge in [0.05, 0.1) is 24.7 Å². The van der Waals surface area contributed by atoms with Crippen molar-refractivity contribution in [2.45, 2.75) is 38.1 Å². The van der Waals surface area contributed by atoms with Gasteiger partial charge in [-0.2, -0.15) is 15.1 Å². The topological polar surface area (TPSA) is 91.3 Å². The molecule has 2 bridgehead atoms. The Hall–Kier alpha value is -3.76. The predicted octanol–water partition coefficient (Wildman–Crippen LogP) is 4.35. The summed E-state index contributed by atoms with van der Waals surface area (Å²) in [6.07, 6.45) is 4.00. The van der Waals surface area contributed by atoms with E-state index in [9.17, 15) is 8.78 Å². The molecule has 200 valence electrons. The predicted molar refractivity (Wildman–Crippen MR) is 142 cm³/mol. The second-order valence-corrected chi connectivity index (χ2v) is 11.0. The molecule has 0 spiro atoms. The lowest BCUT2D eigenvalue weighted by molar-refractivity contribution is 0.373. The van der Waals surface area contributed by atoms with E-state index in [1.54, 1.807) is 13.3 Å². The van der Waals surface area contributed by atoms with Gasteiger partial charge in [-0.25, -0.2) is 8.78 Å². The first-order valence-corrected chi connectivity index (χ1v) is 13.0. The molecular formula is C27H32F2N8O. The van der Waals surface area contributed by atoms with Crippen molar-refractivity contribution in [2.75, 3.05) is 54.2 Å². The second-order valence-electron chi connectivity index (χ2n) is 11.0. The van der Waals surface area contributed by atoms with E-state index in [0.717, 1.165) is 43.2 Å². The van der Waals surface area contributed by atoms with Crippen molar-refractivity contribution in [1.29, 1.82) is 0 Å². The van der Waals surface area contributed by atoms with E-state index in [4.69, 9.17) is 14.7 Å². The van der Waals surface area contributed by atoms with Crippen molar-refractivity contribution < 1.29 is 13.5 Å². The van der Waals surface area contributed by atoms with Gasteiger partial charge in [0.1, 0.15) is 23.3 Å². The Morgan fingerprint density at radius 2 is 1.84 bits per heavy atom. The first kappa shape index (κ1) is 24.6. The highest BCUT2D eigenvalue weighted by molar-refractivity contribution is 5.76. The molecule has 1 aromatic carbocycles. The van der Waals surface area contributed by atoms with Gasteiger partial charge < -0.3 is 25.2 Å². The summed E-state index contributed by atoms with van der Waals surface area (Å²) in [7, 11) is 3.43. The van der Waals surface area contributed by atoms with Crippen LogP contribution in [0.15, 0.2) is 30.5 Å². The summed E-state index contributed by atoms with van der Waals surface area (Å²) >= 11 is 0. The zero-order valence-corrected chi connectivity index (χ0v) is 22.0. The van der Waals surface area contributed by atoms with Crippen LogP contribution in [0.3, 0.4) is 0 Å². The maximum absolute atomic E-state index is 14.9. The molecule has 2 fully saturated rings. The lowest BCUT2D eigenvalue weighted by atomic mass is 9.88. The fourth-order valence-corrected chi connectivity index (χ4v) is 6.39. The van der Waals surface area contributed by atoms with Crippen molar-refractivity contribution in [3.8, 4) is 5.88 Å².